The van der Waals surface area contributed by atoms with Crippen LogP contribution in [0.25, 0.3) is 0 Å². The van der Waals surface area contributed by atoms with Crippen molar-refractivity contribution in [3.8, 4) is 5.75 Å². The van der Waals surface area contributed by atoms with E-state index in [1.807, 2.05) is 40.0 Å². The van der Waals surface area contributed by atoms with Gasteiger partial charge in [-0.15, -0.1) is 0 Å². The average molecular weight is 535 g/mol. The Morgan fingerprint density at radius 3 is 1.86 bits per heavy atom. The van der Waals surface area contributed by atoms with Gasteiger partial charge in [-0.1, -0.05) is 59.8 Å². The Bertz CT molecular complexity index is 1100. The number of fused-ring (bicyclic) bond motifs is 2. The molecule has 0 amide bonds. The lowest BCUT2D eigenvalue weighted by molar-refractivity contribution is 0.103. The summed E-state index contributed by atoms with van der Waals surface area (Å²) >= 11 is 0. The Morgan fingerprint density at radius 1 is 0.886 bits per heavy atom. The van der Waals surface area contributed by atoms with E-state index in [9.17, 15) is 9.59 Å². The van der Waals surface area contributed by atoms with Crippen LogP contribution in [0.3, 0.4) is 0 Å². The van der Waals surface area contributed by atoms with Crippen LogP contribution in [0, 0.1) is 11.6 Å². The van der Waals surface area contributed by atoms with Gasteiger partial charge >= 0.3 is 0 Å². The van der Waals surface area contributed by atoms with Crippen molar-refractivity contribution in [2.45, 2.75) is 90.4 Å². The zero-order chi connectivity index (χ0) is 26.9. The molecule has 8 heteroatoms. The van der Waals surface area contributed by atoms with E-state index in [1.54, 1.807) is 24.3 Å². The summed E-state index contributed by atoms with van der Waals surface area (Å²) in [4.78, 5) is 24.2. The largest absolute Gasteiger partial charge is 0.542 e. The lowest BCUT2D eigenvalue weighted by atomic mass is 9.96. The molecule has 3 nitrogen and oxygen atoms in total. The molecule has 0 saturated carbocycles. The molecule has 0 atom stereocenters. The van der Waals surface area contributed by atoms with Gasteiger partial charge in [-0.25, -0.2) is 8.78 Å². The van der Waals surface area contributed by atoms with Crippen LogP contribution in [-0.2, 0) is 6.42 Å². The zero-order valence-corrected chi connectivity index (χ0v) is 26.0. The Morgan fingerprint density at radius 2 is 1.37 bits per heavy atom. The summed E-state index contributed by atoms with van der Waals surface area (Å²) in [7, 11) is -7.86. The lowest BCUT2D eigenvalue weighted by Crippen LogP contribution is -2.62. The number of carbonyl (C=O) groups excluding carboxylic acids is 1. The summed E-state index contributed by atoms with van der Waals surface area (Å²) in [6.45, 7) is 21.8. The third-order valence-corrected chi connectivity index (χ3v) is 19.8. The minimum Gasteiger partial charge on any atom is -0.542 e. The normalized spacial score (nSPS) is 16.1. The number of benzene rings is 2. The summed E-state index contributed by atoms with van der Waals surface area (Å²) < 4.78 is 38.6. The molecule has 2 aromatic rings. The van der Waals surface area contributed by atoms with E-state index in [4.69, 9.17) is 4.43 Å². The summed E-state index contributed by atoms with van der Waals surface area (Å²) in [6.07, 6.45) is 0.352. The number of carbonyl (C=O) groups is 1. The van der Waals surface area contributed by atoms with Crippen LogP contribution in [0.15, 0.2) is 24.3 Å². The average Bonchev–Trinajstić information content (AvgIpc) is 2.67. The molecular formula is C27H40F2O3Si3. The Labute approximate surface area is 212 Å². The van der Waals surface area contributed by atoms with Crippen LogP contribution < -0.4 is 14.8 Å². The minimum absolute atomic E-state index is 0.123. The van der Waals surface area contributed by atoms with E-state index in [0.717, 1.165) is 0 Å². The maximum absolute atomic E-state index is 16.2. The molecule has 2 aromatic carbocycles. The van der Waals surface area contributed by atoms with Crippen molar-refractivity contribution in [2.75, 3.05) is 0 Å². The molecular weight excluding hydrogens is 495 g/mol. The highest BCUT2D eigenvalue weighted by Crippen LogP contribution is 2.41. The zero-order valence-electron chi connectivity index (χ0n) is 23.0. The van der Waals surface area contributed by atoms with E-state index >= 15 is 8.78 Å². The first-order valence-electron chi connectivity index (χ1n) is 12.2. The maximum Gasteiger partial charge on any atom is 0.250 e. The van der Waals surface area contributed by atoms with Crippen LogP contribution in [0.2, 0.25) is 49.4 Å². The smallest absolute Gasteiger partial charge is 0.250 e. The SMILES string of the molecule is CC(C)(Cc1ccc2c(c1F)[Si](C)(C)c1c(ccc(O[Si](C)(C)C(C)(C)C)c1F)C2=O)[Si](C)(C)O. The van der Waals surface area contributed by atoms with Gasteiger partial charge in [0.05, 0.1) is 0 Å². The van der Waals surface area contributed by atoms with Crippen LogP contribution >= 0.6 is 0 Å². The van der Waals surface area contributed by atoms with Gasteiger partial charge < -0.3 is 9.22 Å². The molecule has 1 N–H and O–H groups in total. The lowest BCUT2D eigenvalue weighted by Gasteiger charge is -2.39. The van der Waals surface area contributed by atoms with Crippen molar-refractivity contribution in [3.05, 3.63) is 52.6 Å². The van der Waals surface area contributed by atoms with Gasteiger partial charge in [-0.2, -0.15) is 0 Å². The van der Waals surface area contributed by atoms with Crippen molar-refractivity contribution < 1.29 is 22.8 Å². The number of hydrogen-bond donors (Lipinski definition) is 1. The number of halogens is 2. The highest BCUT2D eigenvalue weighted by molar-refractivity contribution is 7.02. The number of hydrogen-bond acceptors (Lipinski definition) is 3. The summed E-state index contributed by atoms with van der Waals surface area (Å²) in [5.74, 6) is -1.16. The first-order chi connectivity index (χ1) is 15.6. The second-order valence-corrected chi connectivity index (χ2v) is 26.6. The number of ketones is 1. The standard InChI is InChI=1S/C27H40F2O3Si3/c1-26(2,3)35(10,11)32-20-15-14-19-23(30)18-13-12-17(16-27(4,5)34(8,9)31)21(28)24(18)33(6,7)25(19)22(20)29/h12-15,31H,16H2,1-11H3. The third kappa shape index (κ3) is 4.63. The molecule has 1 aliphatic heterocycles. The molecule has 0 aromatic heterocycles. The van der Waals surface area contributed by atoms with E-state index in [2.05, 4.69) is 33.9 Å². The fourth-order valence-electron chi connectivity index (χ4n) is 4.38. The van der Waals surface area contributed by atoms with Crippen LogP contribution in [0.4, 0.5) is 8.78 Å². The fourth-order valence-corrected chi connectivity index (χ4v) is 9.39. The highest BCUT2D eigenvalue weighted by atomic mass is 28.4. The molecule has 0 unspecified atom stereocenters. The highest BCUT2D eigenvalue weighted by Gasteiger charge is 2.46. The molecule has 3 rings (SSSR count). The minimum atomic E-state index is -2.95. The molecule has 0 aliphatic carbocycles. The van der Waals surface area contributed by atoms with E-state index in [-0.39, 0.29) is 16.6 Å². The Balaban J connectivity index is 2.19. The predicted molar refractivity (Wildman–Crippen MR) is 148 cm³/mol. The quantitative estimate of drug-likeness (QED) is 0.462. The van der Waals surface area contributed by atoms with E-state index < -0.39 is 41.4 Å². The monoisotopic (exact) mass is 534 g/mol. The second-order valence-electron chi connectivity index (χ2n) is 13.2. The first kappa shape index (κ1) is 28.0. The van der Waals surface area contributed by atoms with Crippen molar-refractivity contribution in [1.29, 1.82) is 0 Å². The van der Waals surface area contributed by atoms with Crippen LogP contribution in [0.1, 0.15) is 56.1 Å². The first-order valence-corrected chi connectivity index (χ1v) is 21.1. The van der Waals surface area contributed by atoms with Gasteiger partial charge in [0.25, 0.3) is 8.32 Å². The molecule has 0 radical (unpaired) electrons. The van der Waals surface area contributed by atoms with Crippen LogP contribution in [-0.4, -0.2) is 35.3 Å². The van der Waals surface area contributed by atoms with Crippen molar-refractivity contribution in [1.82, 2.24) is 0 Å². The van der Waals surface area contributed by atoms with Crippen LogP contribution in [0.5, 0.6) is 5.75 Å². The molecule has 0 saturated heterocycles. The molecule has 1 heterocycles. The van der Waals surface area contributed by atoms with E-state index in [0.29, 0.717) is 33.5 Å². The van der Waals surface area contributed by atoms with Gasteiger partial charge in [0.2, 0.25) is 0 Å². The van der Waals surface area contributed by atoms with Crippen molar-refractivity contribution >= 4 is 40.9 Å². The summed E-state index contributed by atoms with van der Waals surface area (Å²) in [6, 6.07) is 6.56. The summed E-state index contributed by atoms with van der Waals surface area (Å²) in [5.41, 5.74) is 1.10. The van der Waals surface area contributed by atoms with Gasteiger partial charge in [0.1, 0.15) is 19.6 Å². The van der Waals surface area contributed by atoms with Gasteiger partial charge in [0.15, 0.2) is 19.9 Å². The topological polar surface area (TPSA) is 46.5 Å². The molecule has 0 spiro atoms. The van der Waals surface area contributed by atoms with Crippen molar-refractivity contribution in [2.24, 2.45) is 0 Å². The number of rotatable bonds is 5. The van der Waals surface area contributed by atoms with Crippen molar-refractivity contribution in [3.63, 3.8) is 0 Å². The third-order valence-electron chi connectivity index (χ3n) is 8.53. The molecule has 0 bridgehead atoms. The van der Waals surface area contributed by atoms with Gasteiger partial charge in [-0.05, 0) is 70.8 Å². The van der Waals surface area contributed by atoms with E-state index in [1.165, 1.54) is 0 Å². The maximum atomic E-state index is 16.2. The molecule has 0 fully saturated rings. The summed E-state index contributed by atoms with van der Waals surface area (Å²) in [5, 5.41) is 0.0738. The molecule has 192 valence electrons. The predicted octanol–water partition coefficient (Wildman–Crippen LogP) is 6.24. The fraction of sp³-hybridized carbons (Fsp3) is 0.519. The Hall–Kier alpha value is -1.62. The van der Waals surface area contributed by atoms with Gasteiger partial charge in [-0.3, -0.25) is 4.79 Å². The molecule has 1 aliphatic rings. The molecule has 35 heavy (non-hydrogen) atoms. The second kappa shape index (κ2) is 8.46. The van der Waals surface area contributed by atoms with Gasteiger partial charge in [0, 0.05) is 11.1 Å². The Kier molecular flexibility index (Phi) is 6.76.